The second-order valence-electron chi connectivity index (χ2n) is 7.63. The zero-order chi connectivity index (χ0) is 19.8. The van der Waals surface area contributed by atoms with Gasteiger partial charge in [0.15, 0.2) is 0 Å². The third kappa shape index (κ3) is 9.33. The van der Waals surface area contributed by atoms with Gasteiger partial charge in [-0.05, 0) is 19.3 Å². The Labute approximate surface area is 160 Å². The van der Waals surface area contributed by atoms with Crippen LogP contribution in [0.1, 0.15) is 97.3 Å². The van der Waals surface area contributed by atoms with Gasteiger partial charge in [-0.2, -0.15) is 0 Å². The van der Waals surface area contributed by atoms with Gasteiger partial charge in [-0.1, -0.05) is 78.1 Å². The molecule has 0 fully saturated rings. The van der Waals surface area contributed by atoms with Gasteiger partial charge >= 0.3 is 0 Å². The van der Waals surface area contributed by atoms with Gasteiger partial charge in [-0.15, -0.1) is 0 Å². The Morgan fingerprint density at radius 2 is 1.50 bits per heavy atom. The first kappa shape index (κ1) is 25.4. The number of rotatable bonds is 18. The minimum atomic E-state index is -0.949. The lowest BCUT2D eigenvalue weighted by Crippen LogP contribution is -2.49. The number of carbonyl (C=O) groups is 1. The lowest BCUT2D eigenvalue weighted by molar-refractivity contribution is -0.142. The molecule has 26 heavy (non-hydrogen) atoms. The highest BCUT2D eigenvalue weighted by Gasteiger charge is 2.44. The topological polar surface area (TPSA) is 92.8 Å². The summed E-state index contributed by atoms with van der Waals surface area (Å²) in [6.45, 7) is 3.82. The highest BCUT2D eigenvalue weighted by Crippen LogP contribution is 2.37. The molecule has 0 rings (SSSR count). The number of nitrogens with two attached hydrogens (primary N) is 1. The van der Waals surface area contributed by atoms with E-state index in [9.17, 15) is 15.0 Å². The summed E-state index contributed by atoms with van der Waals surface area (Å²) in [4.78, 5) is 12.3. The van der Waals surface area contributed by atoms with Crippen molar-refractivity contribution in [3.8, 4) is 0 Å². The van der Waals surface area contributed by atoms with E-state index in [4.69, 9.17) is 10.5 Å². The van der Waals surface area contributed by atoms with Crippen LogP contribution in [0.3, 0.4) is 0 Å². The maximum absolute atomic E-state index is 12.3. The van der Waals surface area contributed by atoms with E-state index in [2.05, 4.69) is 6.92 Å². The maximum Gasteiger partial charge on any atom is 0.226 e. The first-order chi connectivity index (χ1) is 12.5. The summed E-state index contributed by atoms with van der Waals surface area (Å²) in [5.41, 5.74) is 4.82. The van der Waals surface area contributed by atoms with E-state index in [0.29, 0.717) is 12.8 Å². The third-order valence-corrected chi connectivity index (χ3v) is 5.55. The molecule has 1 amide bonds. The van der Waals surface area contributed by atoms with Crippen molar-refractivity contribution >= 4 is 5.91 Å². The zero-order valence-corrected chi connectivity index (χ0v) is 17.3. The molecule has 0 spiro atoms. The molecule has 0 saturated heterocycles. The molecule has 156 valence electrons. The van der Waals surface area contributed by atoms with Crippen LogP contribution in [0, 0.1) is 5.41 Å². The van der Waals surface area contributed by atoms with Crippen LogP contribution in [-0.2, 0) is 9.53 Å². The molecule has 0 saturated carbocycles. The van der Waals surface area contributed by atoms with E-state index in [1.807, 2.05) is 6.92 Å². The first-order valence-electron chi connectivity index (χ1n) is 10.6. The van der Waals surface area contributed by atoms with Gasteiger partial charge in [-0.3, -0.25) is 4.79 Å². The van der Waals surface area contributed by atoms with Crippen LogP contribution < -0.4 is 5.73 Å². The number of hydrogen-bond donors (Lipinski definition) is 3. The summed E-state index contributed by atoms with van der Waals surface area (Å²) in [7, 11) is 1.58. The largest absolute Gasteiger partial charge is 0.394 e. The molecule has 3 atom stereocenters. The van der Waals surface area contributed by atoms with Gasteiger partial charge in [0.05, 0.1) is 24.2 Å². The number of methoxy groups -OCH3 is 1. The van der Waals surface area contributed by atoms with Crippen molar-refractivity contribution in [2.24, 2.45) is 11.1 Å². The molecule has 0 aliphatic rings. The fourth-order valence-electron chi connectivity index (χ4n) is 3.97. The molecule has 3 unspecified atom stereocenters. The fraction of sp³-hybridized carbons (Fsp3) is 0.952. The van der Waals surface area contributed by atoms with Crippen LogP contribution >= 0.6 is 0 Å². The summed E-state index contributed by atoms with van der Waals surface area (Å²) >= 11 is 0. The van der Waals surface area contributed by atoms with Crippen molar-refractivity contribution in [3.05, 3.63) is 0 Å². The highest BCUT2D eigenvalue weighted by atomic mass is 16.5. The number of unbranched alkanes of at least 4 members (excludes halogenated alkanes) is 9. The average molecular weight is 374 g/mol. The molecule has 5 heteroatoms. The third-order valence-electron chi connectivity index (χ3n) is 5.55. The van der Waals surface area contributed by atoms with E-state index in [-0.39, 0.29) is 19.1 Å². The summed E-state index contributed by atoms with van der Waals surface area (Å²) in [5, 5.41) is 19.1. The number of aliphatic hydroxyl groups excluding tert-OH is 2. The Kier molecular flexibility index (Phi) is 15.0. The van der Waals surface area contributed by atoms with Crippen molar-refractivity contribution in [1.29, 1.82) is 0 Å². The second-order valence-corrected chi connectivity index (χ2v) is 7.63. The standard InChI is InChI=1S/C21H43NO4/c1-4-6-7-8-9-10-11-12-13-14-15-21(20(22)25,16-18(24)17-23)19(5-2)26-3/h18-19,23-24H,4-17H2,1-3H3,(H2,22,25). The Morgan fingerprint density at radius 1 is 1.00 bits per heavy atom. The Morgan fingerprint density at radius 3 is 1.88 bits per heavy atom. The maximum atomic E-state index is 12.3. The smallest absolute Gasteiger partial charge is 0.226 e. The number of primary amides is 1. The van der Waals surface area contributed by atoms with Gasteiger partial charge in [0.2, 0.25) is 5.91 Å². The second kappa shape index (κ2) is 15.4. The molecule has 0 heterocycles. The summed E-state index contributed by atoms with van der Waals surface area (Å²) in [5.74, 6) is -0.436. The van der Waals surface area contributed by atoms with Crippen LogP contribution in [0.15, 0.2) is 0 Å². The van der Waals surface area contributed by atoms with Crippen molar-refractivity contribution in [1.82, 2.24) is 0 Å². The summed E-state index contributed by atoms with van der Waals surface area (Å²) in [6.07, 6.45) is 12.4. The molecule has 4 N–H and O–H groups in total. The molecule has 0 aromatic carbocycles. The van der Waals surface area contributed by atoms with Crippen molar-refractivity contribution in [3.63, 3.8) is 0 Å². The summed E-state index contributed by atoms with van der Waals surface area (Å²) < 4.78 is 5.52. The molecule has 5 nitrogen and oxygen atoms in total. The number of carbonyl (C=O) groups excluding carboxylic acids is 1. The van der Waals surface area contributed by atoms with Gasteiger partial charge in [-0.25, -0.2) is 0 Å². The van der Waals surface area contributed by atoms with E-state index in [1.165, 1.54) is 44.9 Å². The van der Waals surface area contributed by atoms with Crippen LogP contribution in [0.5, 0.6) is 0 Å². The van der Waals surface area contributed by atoms with Crippen LogP contribution in [0.25, 0.3) is 0 Å². The molecule has 0 aromatic heterocycles. The predicted octanol–water partition coefficient (Wildman–Crippen LogP) is 3.94. The monoisotopic (exact) mass is 373 g/mol. The van der Waals surface area contributed by atoms with Gasteiger partial charge in [0.1, 0.15) is 0 Å². The predicted molar refractivity (Wildman–Crippen MR) is 107 cm³/mol. The van der Waals surface area contributed by atoms with Crippen molar-refractivity contribution in [2.75, 3.05) is 13.7 Å². The molecular formula is C21H43NO4. The molecular weight excluding hydrogens is 330 g/mol. The normalized spacial score (nSPS) is 16.2. The first-order valence-corrected chi connectivity index (χ1v) is 10.6. The highest BCUT2D eigenvalue weighted by molar-refractivity contribution is 5.81. The van der Waals surface area contributed by atoms with E-state index < -0.39 is 17.4 Å². The summed E-state index contributed by atoms with van der Waals surface area (Å²) in [6, 6.07) is 0. The average Bonchev–Trinajstić information content (AvgIpc) is 2.63. The lowest BCUT2D eigenvalue weighted by atomic mass is 9.71. The molecule has 0 aromatic rings. The molecule has 0 aliphatic carbocycles. The number of hydrogen-bond acceptors (Lipinski definition) is 4. The minimum absolute atomic E-state index is 0.155. The van der Waals surface area contributed by atoms with Gasteiger partial charge in [0.25, 0.3) is 0 Å². The van der Waals surface area contributed by atoms with Crippen molar-refractivity contribution in [2.45, 2.75) is 110 Å². The SMILES string of the molecule is CCCCCCCCCCCCC(CC(O)CO)(C(N)=O)C(CC)OC. The lowest BCUT2D eigenvalue weighted by Gasteiger charge is -2.38. The van der Waals surface area contributed by atoms with E-state index in [1.54, 1.807) is 7.11 Å². The molecule has 0 aliphatic heterocycles. The molecule has 0 radical (unpaired) electrons. The van der Waals surface area contributed by atoms with Crippen molar-refractivity contribution < 1.29 is 19.7 Å². The number of amides is 1. The van der Waals surface area contributed by atoms with Crippen LogP contribution in [-0.4, -0.2) is 42.0 Å². The van der Waals surface area contributed by atoms with E-state index >= 15 is 0 Å². The Hall–Kier alpha value is -0.650. The Balaban J connectivity index is 4.40. The number of aliphatic hydroxyl groups is 2. The molecule has 0 bridgehead atoms. The van der Waals surface area contributed by atoms with Crippen LogP contribution in [0.2, 0.25) is 0 Å². The zero-order valence-electron chi connectivity index (χ0n) is 17.3. The van der Waals surface area contributed by atoms with Gasteiger partial charge < -0.3 is 20.7 Å². The van der Waals surface area contributed by atoms with Crippen LogP contribution in [0.4, 0.5) is 0 Å². The number of ether oxygens (including phenoxy) is 1. The van der Waals surface area contributed by atoms with Gasteiger partial charge in [0, 0.05) is 7.11 Å². The van der Waals surface area contributed by atoms with E-state index in [0.717, 1.165) is 19.3 Å². The quantitative estimate of drug-likeness (QED) is 0.317. The Bertz CT molecular complexity index is 347. The fourth-order valence-corrected chi connectivity index (χ4v) is 3.97. The minimum Gasteiger partial charge on any atom is -0.394 e.